The first-order chi connectivity index (χ1) is 8.31. The molecule has 3 rings (SSSR count). The van der Waals surface area contributed by atoms with Crippen LogP contribution in [-0.4, -0.2) is 25.3 Å². The molecule has 2 N–H and O–H groups in total. The molecule has 6 nitrogen and oxygen atoms in total. The van der Waals surface area contributed by atoms with Crippen LogP contribution in [0.4, 0.5) is 5.88 Å². The second-order valence-electron chi connectivity index (χ2n) is 4.17. The maximum absolute atomic E-state index is 11.8. The SMILES string of the molecule is CCOC(=O)C1CNN2c3occc3CNC12. The van der Waals surface area contributed by atoms with E-state index in [1.807, 2.05) is 18.0 Å². The van der Waals surface area contributed by atoms with Crippen molar-refractivity contribution in [2.45, 2.75) is 19.6 Å². The van der Waals surface area contributed by atoms with E-state index in [4.69, 9.17) is 9.15 Å². The molecule has 0 saturated carbocycles. The molecular weight excluding hydrogens is 222 g/mol. The summed E-state index contributed by atoms with van der Waals surface area (Å²) in [5.41, 5.74) is 4.26. The second kappa shape index (κ2) is 4.05. The van der Waals surface area contributed by atoms with Crippen LogP contribution in [0.25, 0.3) is 0 Å². The number of furan rings is 1. The fourth-order valence-corrected chi connectivity index (χ4v) is 2.37. The maximum Gasteiger partial charge on any atom is 0.313 e. The number of hydrogen-bond donors (Lipinski definition) is 2. The van der Waals surface area contributed by atoms with Gasteiger partial charge in [-0.25, -0.2) is 5.43 Å². The summed E-state index contributed by atoms with van der Waals surface area (Å²) < 4.78 is 10.5. The van der Waals surface area contributed by atoms with E-state index >= 15 is 0 Å². The summed E-state index contributed by atoms with van der Waals surface area (Å²) in [7, 11) is 0. The number of carbonyl (C=O) groups is 1. The first kappa shape index (κ1) is 10.6. The van der Waals surface area contributed by atoms with Crippen molar-refractivity contribution in [2.24, 2.45) is 5.92 Å². The van der Waals surface area contributed by atoms with Gasteiger partial charge in [0.25, 0.3) is 0 Å². The van der Waals surface area contributed by atoms with Crippen molar-refractivity contribution in [1.82, 2.24) is 10.7 Å². The summed E-state index contributed by atoms with van der Waals surface area (Å²) in [6.07, 6.45) is 1.57. The number of ether oxygens (including phenoxy) is 1. The summed E-state index contributed by atoms with van der Waals surface area (Å²) in [4.78, 5) is 11.8. The lowest BCUT2D eigenvalue weighted by molar-refractivity contribution is -0.148. The van der Waals surface area contributed by atoms with Crippen LogP contribution in [0.5, 0.6) is 0 Å². The van der Waals surface area contributed by atoms with Crippen LogP contribution in [0.3, 0.4) is 0 Å². The standard InChI is InChI=1S/C11H15N3O3/c1-2-16-11(15)8-6-13-14-9(8)12-5-7-3-4-17-10(7)14/h3-4,8-9,12-13H,2,5-6H2,1H3. The predicted octanol–water partition coefficient (Wildman–Crippen LogP) is 0.213. The van der Waals surface area contributed by atoms with Gasteiger partial charge < -0.3 is 9.15 Å². The van der Waals surface area contributed by atoms with Gasteiger partial charge in [-0.15, -0.1) is 0 Å². The van der Waals surface area contributed by atoms with Gasteiger partial charge in [-0.1, -0.05) is 0 Å². The van der Waals surface area contributed by atoms with Crippen molar-refractivity contribution in [3.05, 3.63) is 17.9 Å². The van der Waals surface area contributed by atoms with Gasteiger partial charge in [-0.2, -0.15) is 0 Å². The number of carbonyl (C=O) groups excluding carboxylic acids is 1. The van der Waals surface area contributed by atoms with Crippen LogP contribution < -0.4 is 15.8 Å². The highest BCUT2D eigenvalue weighted by Gasteiger charge is 2.43. The number of hydrazine groups is 1. The number of rotatable bonds is 2. The first-order valence-corrected chi connectivity index (χ1v) is 5.80. The first-order valence-electron chi connectivity index (χ1n) is 5.80. The van der Waals surface area contributed by atoms with E-state index in [9.17, 15) is 4.79 Å². The van der Waals surface area contributed by atoms with E-state index in [1.54, 1.807) is 6.26 Å². The van der Waals surface area contributed by atoms with Crippen LogP contribution in [0.2, 0.25) is 0 Å². The fraction of sp³-hybridized carbons (Fsp3) is 0.545. The molecule has 0 aliphatic carbocycles. The monoisotopic (exact) mass is 237 g/mol. The predicted molar refractivity (Wildman–Crippen MR) is 59.9 cm³/mol. The smallest absolute Gasteiger partial charge is 0.313 e. The van der Waals surface area contributed by atoms with E-state index in [0.717, 1.165) is 11.4 Å². The van der Waals surface area contributed by atoms with Gasteiger partial charge in [0.1, 0.15) is 12.1 Å². The Bertz CT molecular complexity index is 431. The minimum atomic E-state index is -0.201. The normalized spacial score (nSPS) is 26.5. The van der Waals surface area contributed by atoms with Gasteiger partial charge >= 0.3 is 5.97 Å². The maximum atomic E-state index is 11.8. The van der Waals surface area contributed by atoms with E-state index in [-0.39, 0.29) is 18.1 Å². The second-order valence-corrected chi connectivity index (χ2v) is 4.17. The Morgan fingerprint density at radius 1 is 1.71 bits per heavy atom. The Hall–Kier alpha value is -1.53. The van der Waals surface area contributed by atoms with Crippen molar-refractivity contribution in [2.75, 3.05) is 18.2 Å². The molecule has 1 aromatic heterocycles. The third-order valence-electron chi connectivity index (χ3n) is 3.17. The lowest BCUT2D eigenvalue weighted by Crippen LogP contribution is -2.52. The molecule has 92 valence electrons. The zero-order valence-electron chi connectivity index (χ0n) is 9.60. The Morgan fingerprint density at radius 2 is 2.59 bits per heavy atom. The molecule has 2 unspecified atom stereocenters. The van der Waals surface area contributed by atoms with Crippen LogP contribution in [0.15, 0.2) is 16.7 Å². The molecule has 1 saturated heterocycles. The Labute approximate surface area is 98.9 Å². The van der Waals surface area contributed by atoms with Crippen molar-refractivity contribution < 1.29 is 13.9 Å². The van der Waals surface area contributed by atoms with Gasteiger partial charge in [0.15, 0.2) is 0 Å². The molecule has 0 bridgehead atoms. The van der Waals surface area contributed by atoms with Crippen LogP contribution >= 0.6 is 0 Å². The molecule has 0 spiro atoms. The Kier molecular flexibility index (Phi) is 2.53. The zero-order chi connectivity index (χ0) is 11.8. The summed E-state index contributed by atoms with van der Waals surface area (Å²) in [5.74, 6) is 0.420. The van der Waals surface area contributed by atoms with Gasteiger partial charge in [-0.05, 0) is 13.0 Å². The van der Waals surface area contributed by atoms with Crippen LogP contribution in [0, 0.1) is 5.92 Å². The van der Waals surface area contributed by atoms with Crippen molar-refractivity contribution >= 4 is 11.9 Å². The largest absolute Gasteiger partial charge is 0.466 e. The Balaban J connectivity index is 1.81. The molecule has 1 fully saturated rings. The molecule has 2 atom stereocenters. The molecule has 2 aliphatic rings. The molecule has 0 amide bonds. The molecule has 3 heterocycles. The highest BCUT2D eigenvalue weighted by atomic mass is 16.5. The average Bonchev–Trinajstić information content (AvgIpc) is 2.94. The number of esters is 1. The molecule has 0 radical (unpaired) electrons. The minimum absolute atomic E-state index is 0.0901. The minimum Gasteiger partial charge on any atom is -0.466 e. The van der Waals surface area contributed by atoms with Crippen LogP contribution in [0.1, 0.15) is 12.5 Å². The van der Waals surface area contributed by atoms with Gasteiger partial charge in [0.05, 0.1) is 12.9 Å². The van der Waals surface area contributed by atoms with Crippen molar-refractivity contribution in [1.29, 1.82) is 0 Å². The number of fused-ring (bicyclic) bond motifs is 3. The number of nitrogens with one attached hydrogen (secondary N) is 2. The molecule has 2 aliphatic heterocycles. The van der Waals surface area contributed by atoms with Gasteiger partial charge in [0, 0.05) is 18.7 Å². The summed E-state index contributed by atoms with van der Waals surface area (Å²) >= 11 is 0. The third-order valence-corrected chi connectivity index (χ3v) is 3.17. The molecule has 0 aromatic carbocycles. The lowest BCUT2D eigenvalue weighted by atomic mass is 10.1. The quantitative estimate of drug-likeness (QED) is 0.717. The van der Waals surface area contributed by atoms with Gasteiger partial charge in [0.2, 0.25) is 5.88 Å². The van der Waals surface area contributed by atoms with Crippen LogP contribution in [-0.2, 0) is 16.1 Å². The van der Waals surface area contributed by atoms with E-state index in [0.29, 0.717) is 19.7 Å². The summed E-state index contributed by atoms with van der Waals surface area (Å²) in [5, 5.41) is 5.19. The molecule has 6 heteroatoms. The Morgan fingerprint density at radius 3 is 3.41 bits per heavy atom. The molecule has 1 aromatic rings. The fourth-order valence-electron chi connectivity index (χ4n) is 2.37. The average molecular weight is 237 g/mol. The highest BCUT2D eigenvalue weighted by Crippen LogP contribution is 2.31. The van der Waals surface area contributed by atoms with E-state index < -0.39 is 0 Å². The topological polar surface area (TPSA) is 66.7 Å². The van der Waals surface area contributed by atoms with Crippen molar-refractivity contribution in [3.8, 4) is 0 Å². The summed E-state index contributed by atoms with van der Waals surface area (Å²) in [6, 6.07) is 1.93. The summed E-state index contributed by atoms with van der Waals surface area (Å²) in [6.45, 7) is 3.51. The molecule has 17 heavy (non-hydrogen) atoms. The number of nitrogens with zero attached hydrogens (tertiary/aromatic N) is 1. The number of hydrogen-bond acceptors (Lipinski definition) is 6. The van der Waals surface area contributed by atoms with E-state index in [2.05, 4.69) is 10.7 Å². The lowest BCUT2D eigenvalue weighted by Gasteiger charge is -2.31. The van der Waals surface area contributed by atoms with Crippen molar-refractivity contribution in [3.63, 3.8) is 0 Å². The zero-order valence-corrected chi connectivity index (χ0v) is 9.60. The number of anilines is 1. The third kappa shape index (κ3) is 1.60. The van der Waals surface area contributed by atoms with Gasteiger partial charge in [-0.3, -0.25) is 15.1 Å². The van der Waals surface area contributed by atoms with E-state index in [1.165, 1.54) is 0 Å². The highest BCUT2D eigenvalue weighted by molar-refractivity contribution is 5.75. The molecular formula is C11H15N3O3.